The predicted molar refractivity (Wildman–Crippen MR) is 223 cm³/mol. The molecule has 0 spiro atoms. The molecule has 0 saturated carbocycles. The molecule has 10 nitrogen and oxygen atoms in total. The van der Waals surface area contributed by atoms with Crippen molar-refractivity contribution in [1.82, 2.24) is 0 Å². The minimum absolute atomic E-state index is 0. The second kappa shape index (κ2) is 24.1. The van der Waals surface area contributed by atoms with Gasteiger partial charge in [0, 0.05) is 23.3 Å². The zero-order chi connectivity index (χ0) is 32.8. The fraction of sp³-hybridized carbons (Fsp3) is 0.742. The Balaban J connectivity index is -0.00000108. The molecule has 6 atom stereocenters. The molecule has 0 N–H and O–H groups in total. The fourth-order valence-electron chi connectivity index (χ4n) is 4.60. The van der Waals surface area contributed by atoms with Crippen LogP contribution in [0.4, 0.5) is 0 Å². The lowest BCUT2D eigenvalue weighted by Crippen LogP contribution is -2.59. The van der Waals surface area contributed by atoms with Crippen LogP contribution in [0.15, 0.2) is 24.3 Å². The molecule has 2 rings (SSSR count). The SMILES string of the molecule is C.C.C.C.C.C.CC(C[Si](C)(O[Si](C)O[Si](C)(C)C)O[Si](C)(CC(C)C(=O)OC1CO1)O[Si](C)(C)C)C(=O)Oc1ccc([P+]([O-])=S=S)cc1. The third kappa shape index (κ3) is 22.4. The first-order chi connectivity index (χ1) is 19.6. The molecule has 0 aliphatic carbocycles. The molecule has 0 bridgehead atoms. The molecule has 18 heteroatoms. The molecule has 1 fully saturated rings. The maximum Gasteiger partial charge on any atom is 0.360 e. The number of hydrogen-bond acceptors (Lipinski definition) is 11. The molecule has 1 aliphatic rings. The van der Waals surface area contributed by atoms with Crippen LogP contribution in [0, 0.1) is 11.8 Å². The Kier molecular flexibility index (Phi) is 28.6. The van der Waals surface area contributed by atoms with Gasteiger partial charge >= 0.3 is 38.3 Å². The van der Waals surface area contributed by atoms with Crippen molar-refractivity contribution in [2.75, 3.05) is 6.61 Å². The van der Waals surface area contributed by atoms with Crippen molar-refractivity contribution in [3.05, 3.63) is 24.3 Å². The highest BCUT2D eigenvalue weighted by atomic mass is 32.9. The van der Waals surface area contributed by atoms with Gasteiger partial charge in [0.15, 0.2) is 28.9 Å². The Morgan fingerprint density at radius 3 is 1.76 bits per heavy atom. The Morgan fingerprint density at radius 2 is 1.33 bits per heavy atom. The summed E-state index contributed by atoms with van der Waals surface area (Å²) in [4.78, 5) is 38.0. The number of carbonyl (C=O) groups excluding carboxylic acids is 2. The maximum atomic E-state index is 13.3. The third-order valence-electron chi connectivity index (χ3n) is 5.81. The fourth-order valence-corrected chi connectivity index (χ4v) is 26.7. The van der Waals surface area contributed by atoms with E-state index in [0.29, 0.717) is 29.7 Å². The minimum Gasteiger partial charge on any atom is -0.615 e. The van der Waals surface area contributed by atoms with E-state index in [1.807, 2.05) is 26.6 Å². The molecule has 1 saturated heterocycles. The van der Waals surface area contributed by atoms with Crippen LogP contribution in [0.2, 0.25) is 71.0 Å². The van der Waals surface area contributed by atoms with Gasteiger partial charge in [-0.2, -0.15) is 0 Å². The van der Waals surface area contributed by atoms with E-state index in [2.05, 4.69) is 39.3 Å². The van der Waals surface area contributed by atoms with Gasteiger partial charge in [-0.1, -0.05) is 58.4 Å². The number of carbonyl (C=O) groups is 2. The standard InChI is InChI=1S/C25H46O10PS2Si5.6CH4/c1-19(24(26)30-21-12-14-22(15-13-21)36(28)38-37)17-42(10,33-39(3)32-40(4,5)6)35-43(11,34-41(7,8)9)18-20(2)25(27)31-23-16-29-23;;;;;;/h12-15,19-20,23H,16-18H2,1-11H3;6*1H4. The molecule has 291 valence electrons. The van der Waals surface area contributed by atoms with E-state index in [1.54, 1.807) is 31.2 Å². The number of esters is 2. The summed E-state index contributed by atoms with van der Waals surface area (Å²) < 4.78 is 42.8. The van der Waals surface area contributed by atoms with Crippen molar-refractivity contribution in [3.8, 4) is 5.75 Å². The van der Waals surface area contributed by atoms with Crippen molar-refractivity contribution in [3.63, 3.8) is 0 Å². The molecule has 1 aliphatic heterocycles. The highest BCUT2D eigenvalue weighted by Gasteiger charge is 2.49. The zero-order valence-corrected chi connectivity index (χ0v) is 34.5. The number of benzene rings is 1. The molecule has 6 unspecified atom stereocenters. The van der Waals surface area contributed by atoms with Crippen molar-refractivity contribution < 1.29 is 45.2 Å². The lowest BCUT2D eigenvalue weighted by atomic mass is 10.2. The minimum atomic E-state index is -3.17. The van der Waals surface area contributed by atoms with Crippen LogP contribution in [0.3, 0.4) is 0 Å². The molecule has 1 heterocycles. The van der Waals surface area contributed by atoms with Gasteiger partial charge in [-0.05, 0) is 83.2 Å². The van der Waals surface area contributed by atoms with Crippen LogP contribution in [-0.2, 0) is 56.2 Å². The van der Waals surface area contributed by atoms with Crippen LogP contribution < -0.4 is 14.9 Å². The first-order valence-corrected chi connectivity index (χ1v) is 31.4. The number of epoxide rings is 1. The Bertz CT molecular complexity index is 1180. The van der Waals surface area contributed by atoms with Crippen molar-refractivity contribution in [1.29, 1.82) is 0 Å². The van der Waals surface area contributed by atoms with Crippen molar-refractivity contribution >= 4 is 87.9 Å². The van der Waals surface area contributed by atoms with E-state index in [9.17, 15) is 14.5 Å². The van der Waals surface area contributed by atoms with E-state index in [0.717, 1.165) is 9.50 Å². The smallest absolute Gasteiger partial charge is 0.360 e. The van der Waals surface area contributed by atoms with Crippen LogP contribution in [-0.4, -0.2) is 67.9 Å². The Morgan fingerprint density at radius 1 is 0.857 bits per heavy atom. The number of ether oxygens (including phenoxy) is 3. The van der Waals surface area contributed by atoms with Crippen LogP contribution in [0.25, 0.3) is 0 Å². The van der Waals surface area contributed by atoms with Gasteiger partial charge in [-0.25, -0.2) is 0 Å². The van der Waals surface area contributed by atoms with Gasteiger partial charge in [0.25, 0.3) is 0 Å². The molecule has 1 aromatic carbocycles. The van der Waals surface area contributed by atoms with Crippen LogP contribution in [0.5, 0.6) is 5.75 Å². The van der Waals surface area contributed by atoms with Crippen molar-refractivity contribution in [2.45, 2.75) is 136 Å². The topological polar surface area (TPSA) is 125 Å². The summed E-state index contributed by atoms with van der Waals surface area (Å²) in [5, 5.41) is 0.582. The Labute approximate surface area is 315 Å². The lowest BCUT2D eigenvalue weighted by Gasteiger charge is -2.42. The summed E-state index contributed by atoms with van der Waals surface area (Å²) in [6, 6.07) is 7.16. The molecule has 0 amide bonds. The molecule has 49 heavy (non-hydrogen) atoms. The average Bonchev–Trinajstić information content (AvgIpc) is 3.64. The van der Waals surface area contributed by atoms with E-state index >= 15 is 0 Å². The Hall–Kier alpha value is -0.256. The molecule has 1 aromatic rings. The second-order valence-corrected chi connectivity index (χ2v) is 35.1. The monoisotopic (exact) mass is 837 g/mol. The number of hydrogen-bond donors (Lipinski definition) is 0. The molecule has 0 aromatic heterocycles. The van der Waals surface area contributed by atoms with Crippen molar-refractivity contribution in [2.24, 2.45) is 11.8 Å². The quantitative estimate of drug-likeness (QED) is 0.0494. The number of rotatable bonds is 17. The molecule has 1 radical (unpaired) electrons. The summed E-state index contributed by atoms with van der Waals surface area (Å²) >= 11 is 4.82. The zero-order valence-electron chi connectivity index (χ0n) is 27.0. The summed E-state index contributed by atoms with van der Waals surface area (Å²) in [7, 11) is -11.2. The second-order valence-electron chi connectivity index (χ2n) is 13.0. The maximum absolute atomic E-state index is 13.3. The first kappa shape index (κ1) is 58.1. The summed E-state index contributed by atoms with van der Waals surface area (Å²) in [6.07, 6.45) is -0.472. The van der Waals surface area contributed by atoms with E-state index in [4.69, 9.17) is 41.9 Å². The van der Waals surface area contributed by atoms with Gasteiger partial charge in [-0.3, -0.25) is 9.59 Å². The predicted octanol–water partition coefficient (Wildman–Crippen LogP) is 8.42. The van der Waals surface area contributed by atoms with E-state index in [-0.39, 0.29) is 50.5 Å². The highest BCUT2D eigenvalue weighted by Crippen LogP contribution is 2.33. The van der Waals surface area contributed by atoms with Gasteiger partial charge in [-0.15, -0.1) is 0 Å². The molecular weight excluding hydrogens is 768 g/mol. The van der Waals surface area contributed by atoms with Gasteiger partial charge in [0.2, 0.25) is 6.29 Å². The lowest BCUT2D eigenvalue weighted by molar-refractivity contribution is -0.152. The summed E-state index contributed by atoms with van der Waals surface area (Å²) in [5.74, 6) is -1.49. The van der Waals surface area contributed by atoms with E-state index < -0.39 is 74.1 Å². The summed E-state index contributed by atoms with van der Waals surface area (Å²) in [5.41, 5.74) is 0. The summed E-state index contributed by atoms with van der Waals surface area (Å²) in [6.45, 7) is 20.7. The first-order valence-electron chi connectivity index (χ1n) is 14.2. The normalized spacial score (nSPS) is 17.5. The van der Waals surface area contributed by atoms with Gasteiger partial charge in [0.05, 0.1) is 11.8 Å². The van der Waals surface area contributed by atoms with Crippen LogP contribution >= 0.6 is 6.92 Å². The average molecular weight is 838 g/mol. The van der Waals surface area contributed by atoms with E-state index in [1.165, 1.54) is 0 Å². The third-order valence-corrected chi connectivity index (χ3v) is 25.7. The highest BCUT2D eigenvalue weighted by molar-refractivity contribution is 8.35. The molecular formula is C31H70O10PS2Si5. The largest absolute Gasteiger partial charge is 0.615 e. The van der Waals surface area contributed by atoms with Gasteiger partial charge < -0.3 is 35.6 Å². The van der Waals surface area contributed by atoms with Gasteiger partial charge in [0.1, 0.15) is 21.9 Å². The van der Waals surface area contributed by atoms with Crippen LogP contribution in [0.1, 0.15) is 58.4 Å².